The molecule has 0 saturated heterocycles. The Hall–Kier alpha value is -1.12. The lowest BCUT2D eigenvalue weighted by atomic mass is 9.73. The van der Waals surface area contributed by atoms with Crippen molar-refractivity contribution in [3.8, 4) is 0 Å². The number of hydrogen-bond acceptors (Lipinski definition) is 2. The van der Waals surface area contributed by atoms with E-state index >= 15 is 0 Å². The molecule has 0 aliphatic heterocycles. The van der Waals surface area contributed by atoms with Crippen molar-refractivity contribution in [3.63, 3.8) is 0 Å². The highest BCUT2D eigenvalue weighted by atomic mass is 16.2. The van der Waals surface area contributed by atoms with Crippen molar-refractivity contribution in [3.05, 3.63) is 12.2 Å². The zero-order chi connectivity index (χ0) is 16.2. The molecule has 0 heterocycles. The van der Waals surface area contributed by atoms with E-state index in [-0.39, 0.29) is 23.1 Å². The van der Waals surface area contributed by atoms with Crippen LogP contribution in [-0.4, -0.2) is 23.8 Å². The molecule has 3 nitrogen and oxygen atoms in total. The predicted molar refractivity (Wildman–Crippen MR) is 89.2 cm³/mol. The number of carbonyl (C=O) groups excluding carboxylic acids is 2. The van der Waals surface area contributed by atoms with E-state index < -0.39 is 0 Å². The number of imide groups is 1. The Kier molecular flexibility index (Phi) is 5.82. The molecule has 2 aliphatic rings. The molecular formula is C19H31NO2. The Bertz CT molecular complexity index is 443. The summed E-state index contributed by atoms with van der Waals surface area (Å²) in [6, 6.07) is 0. The van der Waals surface area contributed by atoms with Gasteiger partial charge >= 0.3 is 0 Å². The van der Waals surface area contributed by atoms with Crippen LogP contribution >= 0.6 is 0 Å². The topological polar surface area (TPSA) is 37.4 Å². The van der Waals surface area contributed by atoms with E-state index in [1.54, 1.807) is 7.05 Å². The molecule has 124 valence electrons. The van der Waals surface area contributed by atoms with Crippen molar-refractivity contribution in [2.45, 2.75) is 71.6 Å². The van der Waals surface area contributed by atoms with E-state index in [1.807, 2.05) is 0 Å². The van der Waals surface area contributed by atoms with Crippen LogP contribution in [0.25, 0.3) is 0 Å². The number of hydrogen-bond donors (Lipinski definition) is 0. The summed E-state index contributed by atoms with van der Waals surface area (Å²) in [6.45, 7) is 4.28. The quantitative estimate of drug-likeness (QED) is 0.494. The van der Waals surface area contributed by atoms with Gasteiger partial charge in [0.05, 0.1) is 0 Å². The number of amides is 2. The maximum Gasteiger partial charge on any atom is 0.232 e. The first-order chi connectivity index (χ1) is 10.5. The van der Waals surface area contributed by atoms with Crippen LogP contribution in [0.4, 0.5) is 0 Å². The van der Waals surface area contributed by atoms with E-state index in [4.69, 9.17) is 0 Å². The molecule has 3 heteroatoms. The molecule has 0 aromatic heterocycles. The average Bonchev–Trinajstić information content (AvgIpc) is 3.09. The first-order valence-corrected chi connectivity index (χ1v) is 9.03. The van der Waals surface area contributed by atoms with Crippen LogP contribution in [0.5, 0.6) is 0 Å². The van der Waals surface area contributed by atoms with E-state index in [1.165, 1.54) is 24.2 Å². The molecular weight excluding hydrogens is 274 g/mol. The molecule has 0 N–H and O–H groups in total. The number of fused-ring (bicyclic) bond motifs is 2. The second-order valence-corrected chi connectivity index (χ2v) is 7.20. The highest BCUT2D eigenvalue weighted by Crippen LogP contribution is 2.56. The van der Waals surface area contributed by atoms with Gasteiger partial charge in [-0.05, 0) is 31.6 Å². The zero-order valence-corrected chi connectivity index (χ0v) is 14.4. The number of carbonyl (C=O) groups is 2. The van der Waals surface area contributed by atoms with Gasteiger partial charge in [-0.1, -0.05) is 51.7 Å². The maximum atomic E-state index is 12.8. The van der Waals surface area contributed by atoms with Gasteiger partial charge in [0.1, 0.15) is 0 Å². The molecule has 0 radical (unpaired) electrons. The smallest absolute Gasteiger partial charge is 0.232 e. The van der Waals surface area contributed by atoms with Crippen LogP contribution < -0.4 is 0 Å². The van der Waals surface area contributed by atoms with Crippen LogP contribution in [0.3, 0.4) is 0 Å². The highest BCUT2D eigenvalue weighted by Gasteiger charge is 2.52. The molecule has 2 aliphatic carbocycles. The van der Waals surface area contributed by atoms with Crippen molar-refractivity contribution in [1.82, 2.24) is 4.90 Å². The molecule has 3 atom stereocenters. The van der Waals surface area contributed by atoms with Gasteiger partial charge in [0.2, 0.25) is 11.8 Å². The van der Waals surface area contributed by atoms with Gasteiger partial charge in [-0.15, -0.1) is 0 Å². The first kappa shape index (κ1) is 17.2. The molecule has 0 aromatic carbocycles. The summed E-state index contributed by atoms with van der Waals surface area (Å²) in [5, 5.41) is 0. The summed E-state index contributed by atoms with van der Waals surface area (Å²) in [6.07, 6.45) is 13.7. The SMILES string of the molecule is CCCCCC12C=CC(CC1C(=O)N(C)C(=O)CCCC)C2. The van der Waals surface area contributed by atoms with Crippen molar-refractivity contribution < 1.29 is 9.59 Å². The molecule has 1 fully saturated rings. The van der Waals surface area contributed by atoms with Crippen molar-refractivity contribution in [2.75, 3.05) is 7.05 Å². The normalized spacial score (nSPS) is 29.0. The Morgan fingerprint density at radius 3 is 2.55 bits per heavy atom. The minimum Gasteiger partial charge on any atom is -0.286 e. The summed E-state index contributed by atoms with van der Waals surface area (Å²) in [5.74, 6) is 0.622. The third-order valence-electron chi connectivity index (χ3n) is 5.57. The van der Waals surface area contributed by atoms with E-state index in [9.17, 15) is 9.59 Å². The third-order valence-corrected chi connectivity index (χ3v) is 5.57. The number of rotatable bonds is 8. The van der Waals surface area contributed by atoms with Gasteiger partial charge in [0.15, 0.2) is 0 Å². The molecule has 2 amide bonds. The standard InChI is InChI=1S/C19H31NO2/c1-4-6-8-11-19-12-10-15(14-19)13-16(19)18(22)20(3)17(21)9-7-5-2/h10,12,15-16H,4-9,11,13-14H2,1-3H3. The van der Waals surface area contributed by atoms with Crippen LogP contribution in [0.1, 0.15) is 71.6 Å². The minimum atomic E-state index is -0.0117. The van der Waals surface area contributed by atoms with Gasteiger partial charge in [-0.3, -0.25) is 14.5 Å². The van der Waals surface area contributed by atoms with Crippen LogP contribution in [0.15, 0.2) is 12.2 Å². The fourth-order valence-electron chi connectivity index (χ4n) is 4.17. The Balaban J connectivity index is 2.02. The second-order valence-electron chi connectivity index (χ2n) is 7.20. The van der Waals surface area contributed by atoms with Crippen LogP contribution in [0, 0.1) is 17.3 Å². The molecule has 2 bridgehead atoms. The van der Waals surface area contributed by atoms with E-state index in [0.29, 0.717) is 12.3 Å². The summed E-state index contributed by atoms with van der Waals surface area (Å²) in [5.41, 5.74) is 0.0379. The fourth-order valence-corrected chi connectivity index (χ4v) is 4.17. The summed E-state index contributed by atoms with van der Waals surface area (Å²) >= 11 is 0. The number of unbranched alkanes of at least 4 members (excludes halogenated alkanes) is 3. The van der Waals surface area contributed by atoms with Gasteiger partial charge in [-0.2, -0.15) is 0 Å². The van der Waals surface area contributed by atoms with Gasteiger partial charge in [0.25, 0.3) is 0 Å². The van der Waals surface area contributed by atoms with Crippen molar-refractivity contribution >= 4 is 11.8 Å². The lowest BCUT2D eigenvalue weighted by molar-refractivity contribution is -0.147. The largest absolute Gasteiger partial charge is 0.286 e. The monoisotopic (exact) mass is 305 g/mol. The Morgan fingerprint density at radius 1 is 1.18 bits per heavy atom. The lowest BCUT2D eigenvalue weighted by Gasteiger charge is -2.33. The van der Waals surface area contributed by atoms with Gasteiger partial charge < -0.3 is 0 Å². The van der Waals surface area contributed by atoms with Gasteiger partial charge in [-0.25, -0.2) is 0 Å². The molecule has 22 heavy (non-hydrogen) atoms. The van der Waals surface area contributed by atoms with Crippen molar-refractivity contribution in [2.24, 2.45) is 17.3 Å². The second kappa shape index (κ2) is 7.43. The van der Waals surface area contributed by atoms with Gasteiger partial charge in [0, 0.05) is 24.8 Å². The zero-order valence-electron chi connectivity index (χ0n) is 14.4. The Labute approximate surface area is 135 Å². The average molecular weight is 305 g/mol. The Morgan fingerprint density at radius 2 is 1.91 bits per heavy atom. The van der Waals surface area contributed by atoms with E-state index in [2.05, 4.69) is 26.0 Å². The van der Waals surface area contributed by atoms with Crippen LogP contribution in [0.2, 0.25) is 0 Å². The third kappa shape index (κ3) is 3.44. The number of allylic oxidation sites excluding steroid dienone is 2. The highest BCUT2D eigenvalue weighted by molar-refractivity contribution is 5.96. The molecule has 0 aromatic rings. The van der Waals surface area contributed by atoms with Crippen molar-refractivity contribution in [1.29, 1.82) is 0 Å². The summed E-state index contributed by atoms with van der Waals surface area (Å²) < 4.78 is 0. The lowest BCUT2D eigenvalue weighted by Crippen LogP contribution is -2.42. The van der Waals surface area contributed by atoms with E-state index in [0.717, 1.165) is 32.1 Å². The fraction of sp³-hybridized carbons (Fsp3) is 0.789. The predicted octanol–water partition coefficient (Wildman–Crippen LogP) is 4.32. The summed E-state index contributed by atoms with van der Waals surface area (Å²) in [7, 11) is 1.68. The molecule has 1 saturated carbocycles. The molecule has 0 spiro atoms. The molecule has 3 unspecified atom stereocenters. The first-order valence-electron chi connectivity index (χ1n) is 9.03. The molecule has 2 rings (SSSR count). The minimum absolute atomic E-state index is 0.0117. The summed E-state index contributed by atoms with van der Waals surface area (Å²) in [4.78, 5) is 26.4. The van der Waals surface area contributed by atoms with Crippen LogP contribution in [-0.2, 0) is 9.59 Å². The number of nitrogens with zero attached hydrogens (tertiary/aromatic N) is 1. The maximum absolute atomic E-state index is 12.8.